The molecule has 11 heavy (non-hydrogen) atoms. The van der Waals surface area contributed by atoms with Crippen molar-refractivity contribution in [3.63, 3.8) is 0 Å². The molecule has 1 rings (SSSR count). The van der Waals surface area contributed by atoms with Gasteiger partial charge in [-0.05, 0) is 19.3 Å². The van der Waals surface area contributed by atoms with E-state index >= 15 is 0 Å². The van der Waals surface area contributed by atoms with Crippen molar-refractivity contribution in [2.75, 3.05) is 0 Å². The van der Waals surface area contributed by atoms with Gasteiger partial charge in [-0.3, -0.25) is 4.79 Å². The number of rotatable bonds is 2. The molecule has 0 spiro atoms. The van der Waals surface area contributed by atoms with Crippen LogP contribution in [0.3, 0.4) is 0 Å². The topological polar surface area (TPSA) is 50.2 Å². The van der Waals surface area contributed by atoms with E-state index < -0.39 is 0 Å². The van der Waals surface area contributed by atoms with Crippen molar-refractivity contribution in [1.29, 1.82) is 5.41 Å². The predicted molar refractivity (Wildman–Crippen MR) is 41.7 cm³/mol. The molecule has 1 aliphatic carbocycles. The van der Waals surface area contributed by atoms with Crippen molar-refractivity contribution in [1.82, 2.24) is 0 Å². The van der Waals surface area contributed by atoms with Crippen molar-refractivity contribution in [2.24, 2.45) is 0 Å². The number of hydrogen-bond acceptors (Lipinski definition) is 3. The van der Waals surface area contributed by atoms with Gasteiger partial charge in [-0.25, -0.2) is 0 Å². The molecule has 1 atom stereocenters. The Kier molecular flexibility index (Phi) is 2.63. The van der Waals surface area contributed by atoms with E-state index in [1.165, 1.54) is 0 Å². The largest absolute Gasteiger partial charge is 0.456 e. The first-order chi connectivity index (χ1) is 5.24. The summed E-state index contributed by atoms with van der Waals surface area (Å²) in [6.07, 6.45) is 2.82. The maximum Gasteiger partial charge on any atom is 0.306 e. The lowest BCUT2D eigenvalue weighted by Gasteiger charge is -2.10. The Hall–Kier alpha value is -0.860. The molecule has 1 N–H and O–H groups in total. The van der Waals surface area contributed by atoms with Gasteiger partial charge in [-0.1, -0.05) is 6.92 Å². The van der Waals surface area contributed by atoms with Gasteiger partial charge in [-0.2, -0.15) is 0 Å². The maximum atomic E-state index is 10.8. The Morgan fingerprint density at radius 3 is 3.00 bits per heavy atom. The van der Waals surface area contributed by atoms with E-state index in [1.807, 2.05) is 0 Å². The van der Waals surface area contributed by atoms with Crippen LogP contribution in [0.15, 0.2) is 0 Å². The lowest BCUT2D eigenvalue weighted by molar-refractivity contribution is -0.145. The number of ether oxygens (including phenoxy) is 1. The molecule has 0 aliphatic heterocycles. The highest BCUT2D eigenvalue weighted by atomic mass is 16.5. The fraction of sp³-hybridized carbons (Fsp3) is 0.750. The summed E-state index contributed by atoms with van der Waals surface area (Å²) in [6.45, 7) is 1.76. The molecule has 0 bridgehead atoms. The third-order valence-corrected chi connectivity index (χ3v) is 1.86. The van der Waals surface area contributed by atoms with Gasteiger partial charge in [0.1, 0.15) is 6.10 Å². The molecular weight excluding hydrogens is 142 g/mol. The molecule has 3 nitrogen and oxygen atoms in total. The number of carbonyl (C=O) groups is 1. The Bertz CT molecular complexity index is 177. The van der Waals surface area contributed by atoms with Crippen molar-refractivity contribution < 1.29 is 9.53 Å². The first kappa shape index (κ1) is 8.24. The van der Waals surface area contributed by atoms with E-state index in [4.69, 9.17) is 10.1 Å². The van der Waals surface area contributed by atoms with Crippen molar-refractivity contribution in [3.8, 4) is 0 Å². The Morgan fingerprint density at radius 2 is 2.55 bits per heavy atom. The van der Waals surface area contributed by atoms with Gasteiger partial charge >= 0.3 is 5.97 Å². The molecule has 62 valence electrons. The van der Waals surface area contributed by atoms with Gasteiger partial charge in [0.15, 0.2) is 0 Å². The Morgan fingerprint density at radius 1 is 1.82 bits per heavy atom. The summed E-state index contributed by atoms with van der Waals surface area (Å²) in [5, 5.41) is 7.40. The molecule has 1 saturated carbocycles. The molecule has 3 heteroatoms. The van der Waals surface area contributed by atoms with Crippen LogP contribution in [0.25, 0.3) is 0 Å². The molecular formula is C8H13NO2. The minimum atomic E-state index is -0.206. The summed E-state index contributed by atoms with van der Waals surface area (Å²) in [7, 11) is 0. The Balaban J connectivity index is 2.36. The van der Waals surface area contributed by atoms with Crippen LogP contribution in [-0.2, 0) is 9.53 Å². The van der Waals surface area contributed by atoms with Crippen LogP contribution < -0.4 is 0 Å². The van der Waals surface area contributed by atoms with Crippen molar-refractivity contribution >= 4 is 11.7 Å². The van der Waals surface area contributed by atoms with Gasteiger partial charge in [0.2, 0.25) is 0 Å². The molecule has 1 aliphatic rings. The van der Waals surface area contributed by atoms with Gasteiger partial charge in [0.05, 0.1) is 0 Å². The highest BCUT2D eigenvalue weighted by Crippen LogP contribution is 2.18. The van der Waals surface area contributed by atoms with Crippen LogP contribution in [0.1, 0.15) is 32.6 Å². The zero-order valence-corrected chi connectivity index (χ0v) is 6.72. The maximum absolute atomic E-state index is 10.8. The molecule has 0 radical (unpaired) electrons. The highest BCUT2D eigenvalue weighted by molar-refractivity contribution is 5.89. The first-order valence-electron chi connectivity index (χ1n) is 4.01. The van der Waals surface area contributed by atoms with Crippen LogP contribution in [0.4, 0.5) is 0 Å². The zero-order valence-electron chi connectivity index (χ0n) is 6.72. The summed E-state index contributed by atoms with van der Waals surface area (Å²) in [5.41, 5.74) is 0.576. The number of nitrogens with one attached hydrogen (secondary N) is 1. The second-order valence-corrected chi connectivity index (χ2v) is 2.75. The van der Waals surface area contributed by atoms with Crippen LogP contribution in [0, 0.1) is 5.41 Å². The van der Waals surface area contributed by atoms with Gasteiger partial charge in [-0.15, -0.1) is 0 Å². The lowest BCUT2D eigenvalue weighted by atomic mass is 10.3. The minimum absolute atomic E-state index is 0.193. The quantitative estimate of drug-likeness (QED) is 0.614. The number of esters is 1. The fourth-order valence-corrected chi connectivity index (χ4v) is 1.19. The summed E-state index contributed by atoms with van der Waals surface area (Å²) in [4.78, 5) is 10.8. The van der Waals surface area contributed by atoms with E-state index in [-0.39, 0.29) is 12.1 Å². The monoisotopic (exact) mass is 155 g/mol. The van der Waals surface area contributed by atoms with Crippen LogP contribution in [-0.4, -0.2) is 17.8 Å². The zero-order chi connectivity index (χ0) is 8.27. The molecule has 0 saturated heterocycles. The van der Waals surface area contributed by atoms with Crippen molar-refractivity contribution in [2.45, 2.75) is 38.7 Å². The van der Waals surface area contributed by atoms with Gasteiger partial charge in [0.25, 0.3) is 0 Å². The third kappa shape index (κ3) is 2.03. The Labute approximate surface area is 66.2 Å². The summed E-state index contributed by atoms with van der Waals surface area (Å²) >= 11 is 0. The number of carbonyl (C=O) groups excluding carboxylic acids is 1. The molecule has 0 heterocycles. The standard InChI is InChI=1S/C8H13NO2/c1-2-8(10)11-7-5-3-4-6(7)9/h7,9H,2-5H2,1H3. The lowest BCUT2D eigenvalue weighted by Crippen LogP contribution is -2.20. The predicted octanol–water partition coefficient (Wildman–Crippen LogP) is 1.51. The molecule has 0 aromatic carbocycles. The van der Waals surface area contributed by atoms with Gasteiger partial charge in [0, 0.05) is 12.1 Å². The molecule has 0 aromatic heterocycles. The SMILES string of the molecule is CCC(=O)OC1CCCC1=N. The van der Waals surface area contributed by atoms with Crippen LogP contribution in [0.5, 0.6) is 0 Å². The smallest absolute Gasteiger partial charge is 0.306 e. The summed E-state index contributed by atoms with van der Waals surface area (Å²) < 4.78 is 5.01. The van der Waals surface area contributed by atoms with E-state index in [1.54, 1.807) is 6.92 Å². The highest BCUT2D eigenvalue weighted by Gasteiger charge is 2.23. The van der Waals surface area contributed by atoms with E-state index in [0.29, 0.717) is 12.1 Å². The molecule has 1 unspecified atom stereocenters. The molecule has 0 aromatic rings. The van der Waals surface area contributed by atoms with E-state index in [0.717, 1.165) is 19.3 Å². The fourth-order valence-electron chi connectivity index (χ4n) is 1.19. The third-order valence-electron chi connectivity index (χ3n) is 1.86. The second kappa shape index (κ2) is 3.51. The minimum Gasteiger partial charge on any atom is -0.456 e. The first-order valence-corrected chi connectivity index (χ1v) is 4.01. The average Bonchev–Trinajstić information content (AvgIpc) is 2.37. The van der Waals surface area contributed by atoms with Gasteiger partial charge < -0.3 is 10.1 Å². The molecule has 1 fully saturated rings. The summed E-state index contributed by atoms with van der Waals surface area (Å²) in [6, 6.07) is 0. The van der Waals surface area contributed by atoms with E-state index in [2.05, 4.69) is 0 Å². The van der Waals surface area contributed by atoms with E-state index in [9.17, 15) is 4.79 Å². The molecule has 0 amide bonds. The normalized spacial score (nSPS) is 23.7. The van der Waals surface area contributed by atoms with Crippen LogP contribution >= 0.6 is 0 Å². The number of hydrogen-bond donors (Lipinski definition) is 1. The summed E-state index contributed by atoms with van der Waals surface area (Å²) in [5.74, 6) is -0.193. The average molecular weight is 155 g/mol. The second-order valence-electron chi connectivity index (χ2n) is 2.75. The van der Waals surface area contributed by atoms with Crippen molar-refractivity contribution in [3.05, 3.63) is 0 Å². The van der Waals surface area contributed by atoms with Crippen LogP contribution in [0.2, 0.25) is 0 Å².